The topological polar surface area (TPSA) is 74.4 Å². The van der Waals surface area contributed by atoms with Crippen molar-refractivity contribution in [3.05, 3.63) is 11.7 Å². The van der Waals surface area contributed by atoms with Crippen molar-refractivity contribution in [3.8, 4) is 0 Å². The lowest BCUT2D eigenvalue weighted by Crippen LogP contribution is -2.33. The van der Waals surface area contributed by atoms with Gasteiger partial charge in [0.2, 0.25) is 5.89 Å². The van der Waals surface area contributed by atoms with E-state index in [-0.39, 0.29) is 18.2 Å². The smallest absolute Gasteiger partial charge is 0.243 e. The van der Waals surface area contributed by atoms with E-state index in [1.165, 1.54) is 0 Å². The van der Waals surface area contributed by atoms with Crippen molar-refractivity contribution in [3.63, 3.8) is 0 Å². The molecule has 2 aliphatic heterocycles. The Hall–Kier alpha value is -0.630. The second kappa shape index (κ2) is 5.16. The van der Waals surface area contributed by atoms with Crippen molar-refractivity contribution in [2.75, 3.05) is 31.6 Å². The normalized spacial score (nSPS) is 34.0. The summed E-state index contributed by atoms with van der Waals surface area (Å²) in [5.74, 6) is 3.54. The zero-order chi connectivity index (χ0) is 12.5. The van der Waals surface area contributed by atoms with Crippen LogP contribution in [0.2, 0.25) is 0 Å². The van der Waals surface area contributed by atoms with Crippen molar-refractivity contribution < 1.29 is 9.63 Å². The maximum Gasteiger partial charge on any atom is 0.243 e. The van der Waals surface area contributed by atoms with E-state index in [0.29, 0.717) is 18.9 Å². The van der Waals surface area contributed by atoms with Crippen LogP contribution in [-0.2, 0) is 0 Å². The van der Waals surface area contributed by atoms with Gasteiger partial charge in [0.25, 0.3) is 0 Å². The van der Waals surface area contributed by atoms with Crippen LogP contribution in [0.5, 0.6) is 0 Å². The summed E-state index contributed by atoms with van der Waals surface area (Å²) in [5, 5.41) is 16.8. The fourth-order valence-electron chi connectivity index (χ4n) is 2.39. The lowest BCUT2D eigenvalue weighted by molar-refractivity contribution is 0.191. The van der Waals surface area contributed by atoms with Crippen LogP contribution < -0.4 is 5.32 Å². The number of thioether (sulfide) groups is 1. The summed E-state index contributed by atoms with van der Waals surface area (Å²) in [4.78, 5) is 6.76. The van der Waals surface area contributed by atoms with Crippen molar-refractivity contribution in [1.82, 2.24) is 20.4 Å². The largest absolute Gasteiger partial charge is 0.392 e. The predicted molar refractivity (Wildman–Crippen MR) is 68.4 cm³/mol. The first-order chi connectivity index (χ1) is 8.74. The van der Waals surface area contributed by atoms with Gasteiger partial charge in [-0.3, -0.25) is 4.90 Å². The maximum absolute atomic E-state index is 9.49. The van der Waals surface area contributed by atoms with Crippen LogP contribution >= 0.6 is 11.8 Å². The first kappa shape index (κ1) is 12.4. The fraction of sp³-hybridized carbons (Fsp3) is 0.818. The zero-order valence-electron chi connectivity index (χ0n) is 10.4. The molecule has 3 rings (SSSR count). The van der Waals surface area contributed by atoms with Gasteiger partial charge in [-0.2, -0.15) is 16.7 Å². The minimum Gasteiger partial charge on any atom is -0.392 e. The third kappa shape index (κ3) is 2.40. The number of rotatable bonds is 2. The van der Waals surface area contributed by atoms with E-state index >= 15 is 0 Å². The molecule has 0 radical (unpaired) electrons. The van der Waals surface area contributed by atoms with Gasteiger partial charge in [-0.1, -0.05) is 5.16 Å². The summed E-state index contributed by atoms with van der Waals surface area (Å²) in [6, 6.07) is 0.246. The molecule has 18 heavy (non-hydrogen) atoms. The average molecular weight is 270 g/mol. The molecule has 1 aromatic rings. The summed E-state index contributed by atoms with van der Waals surface area (Å²) in [6.07, 6.45) is 0.343. The molecule has 2 fully saturated rings. The zero-order valence-corrected chi connectivity index (χ0v) is 11.2. The molecule has 7 heteroatoms. The Bertz CT molecular complexity index is 414. The van der Waals surface area contributed by atoms with Gasteiger partial charge < -0.3 is 14.9 Å². The molecule has 3 heterocycles. The van der Waals surface area contributed by atoms with Crippen LogP contribution in [0, 0.1) is 0 Å². The molecule has 0 aliphatic carbocycles. The third-order valence-electron chi connectivity index (χ3n) is 3.56. The van der Waals surface area contributed by atoms with Crippen LogP contribution in [0.25, 0.3) is 0 Å². The Morgan fingerprint density at radius 1 is 1.56 bits per heavy atom. The molecule has 0 amide bonds. The van der Waals surface area contributed by atoms with E-state index in [1.807, 2.05) is 11.8 Å². The number of nitrogens with zero attached hydrogens (tertiary/aromatic N) is 3. The number of aliphatic hydroxyl groups excluding tert-OH is 1. The van der Waals surface area contributed by atoms with Gasteiger partial charge in [0, 0.05) is 24.6 Å². The Kier molecular flexibility index (Phi) is 3.56. The second-order valence-corrected chi connectivity index (χ2v) is 6.06. The number of aliphatic hydroxyl groups is 1. The number of nitrogens with one attached hydrogen (secondary N) is 1. The Morgan fingerprint density at radius 2 is 2.44 bits per heavy atom. The molecular formula is C11H18N4O2S. The average Bonchev–Trinajstić information content (AvgIpc) is 2.98. The Balaban J connectivity index is 1.72. The highest BCUT2D eigenvalue weighted by Gasteiger charge is 2.31. The molecule has 0 spiro atoms. The first-order valence-electron chi connectivity index (χ1n) is 6.27. The number of hydrogen-bond acceptors (Lipinski definition) is 7. The molecule has 3 atom stereocenters. The molecule has 2 aliphatic rings. The molecule has 1 unspecified atom stereocenters. The van der Waals surface area contributed by atoms with E-state index in [1.54, 1.807) is 0 Å². The fourth-order valence-corrected chi connectivity index (χ4v) is 3.60. The SMILES string of the molecule is CN1CCSCC1c1noc([C@@H]2C[C@H](O)CN2)n1. The maximum atomic E-state index is 9.49. The summed E-state index contributed by atoms with van der Waals surface area (Å²) < 4.78 is 5.33. The van der Waals surface area contributed by atoms with Gasteiger partial charge >= 0.3 is 0 Å². The van der Waals surface area contributed by atoms with Gasteiger partial charge in [0.1, 0.15) is 0 Å². The molecular weight excluding hydrogens is 252 g/mol. The summed E-state index contributed by atoms with van der Waals surface area (Å²) in [7, 11) is 2.10. The molecule has 0 bridgehead atoms. The number of aromatic nitrogens is 2. The van der Waals surface area contributed by atoms with Crippen molar-refractivity contribution in [2.24, 2.45) is 0 Å². The molecule has 1 aromatic heterocycles. The van der Waals surface area contributed by atoms with E-state index < -0.39 is 0 Å². The molecule has 0 saturated carbocycles. The summed E-state index contributed by atoms with van der Waals surface area (Å²) in [5.41, 5.74) is 0. The highest BCUT2D eigenvalue weighted by atomic mass is 32.2. The first-order valence-corrected chi connectivity index (χ1v) is 7.42. The van der Waals surface area contributed by atoms with Crippen LogP contribution in [0.1, 0.15) is 30.2 Å². The lowest BCUT2D eigenvalue weighted by Gasteiger charge is -2.29. The standard InChI is InChI=1S/C11H18N4O2S/c1-15-2-3-18-6-9(15)10-13-11(17-14-10)8-4-7(16)5-12-8/h7-9,12,16H,2-6H2,1H3/t7-,8-,9?/m0/s1. The third-order valence-corrected chi connectivity index (χ3v) is 4.58. The van der Waals surface area contributed by atoms with Gasteiger partial charge in [-0.15, -0.1) is 0 Å². The van der Waals surface area contributed by atoms with Gasteiger partial charge in [0.15, 0.2) is 5.82 Å². The Labute approximate surface area is 110 Å². The van der Waals surface area contributed by atoms with Crippen molar-refractivity contribution in [2.45, 2.75) is 24.6 Å². The molecule has 0 aromatic carbocycles. The molecule has 100 valence electrons. The van der Waals surface area contributed by atoms with E-state index in [9.17, 15) is 5.11 Å². The van der Waals surface area contributed by atoms with E-state index in [2.05, 4.69) is 27.4 Å². The highest BCUT2D eigenvalue weighted by molar-refractivity contribution is 7.99. The van der Waals surface area contributed by atoms with Gasteiger partial charge in [-0.05, 0) is 13.5 Å². The van der Waals surface area contributed by atoms with Gasteiger partial charge in [-0.25, -0.2) is 0 Å². The second-order valence-electron chi connectivity index (χ2n) is 4.91. The molecule has 2 saturated heterocycles. The monoisotopic (exact) mass is 270 g/mol. The van der Waals surface area contributed by atoms with Gasteiger partial charge in [0.05, 0.1) is 18.2 Å². The van der Waals surface area contributed by atoms with Crippen LogP contribution in [0.3, 0.4) is 0 Å². The van der Waals surface area contributed by atoms with Crippen LogP contribution in [-0.4, -0.2) is 57.9 Å². The van der Waals surface area contributed by atoms with Crippen LogP contribution in [0.4, 0.5) is 0 Å². The van der Waals surface area contributed by atoms with Crippen molar-refractivity contribution >= 4 is 11.8 Å². The minimum absolute atomic E-state index is 0.00259. The lowest BCUT2D eigenvalue weighted by atomic mass is 10.2. The Morgan fingerprint density at radius 3 is 3.17 bits per heavy atom. The summed E-state index contributed by atoms with van der Waals surface area (Å²) in [6.45, 7) is 1.65. The van der Waals surface area contributed by atoms with Crippen molar-refractivity contribution in [1.29, 1.82) is 0 Å². The predicted octanol–water partition coefficient (Wildman–Crippen LogP) is 0.185. The van der Waals surface area contributed by atoms with E-state index in [4.69, 9.17) is 4.52 Å². The van der Waals surface area contributed by atoms with Crippen LogP contribution in [0.15, 0.2) is 4.52 Å². The summed E-state index contributed by atoms with van der Waals surface area (Å²) >= 11 is 1.92. The highest BCUT2D eigenvalue weighted by Crippen LogP contribution is 2.28. The van der Waals surface area contributed by atoms with E-state index in [0.717, 1.165) is 23.9 Å². The number of β-amino-alcohol motifs (C(OH)–C–C–N with tert-alkyl or cyclic N) is 1. The number of hydrogen-bond donors (Lipinski definition) is 2. The molecule has 2 N–H and O–H groups in total. The quantitative estimate of drug-likeness (QED) is 0.794. The minimum atomic E-state index is -0.307. The molecule has 6 nitrogen and oxygen atoms in total.